The Kier molecular flexibility index (Phi) is 1.34. The van der Waals surface area contributed by atoms with Gasteiger partial charge in [-0.3, -0.25) is 4.79 Å². The van der Waals surface area contributed by atoms with Crippen LogP contribution in [-0.2, 0) is 7.05 Å². The summed E-state index contributed by atoms with van der Waals surface area (Å²) in [6, 6.07) is 0. The van der Waals surface area contributed by atoms with Gasteiger partial charge in [-0.1, -0.05) is 0 Å². The number of aromatic amines is 1. The predicted molar refractivity (Wildman–Crippen MR) is 33.0 cm³/mol. The number of nitrogens with one attached hydrogen (secondary N) is 1. The topological polar surface area (TPSA) is 36.7 Å². The molecule has 1 aromatic rings. The average Bonchev–Trinajstić information content (AvgIpc) is 1.80. The molecule has 1 heterocycles. The van der Waals surface area contributed by atoms with Gasteiger partial charge in [-0.05, 0) is 0 Å². The molecule has 0 aliphatic carbocycles. The second kappa shape index (κ2) is 2.01. The van der Waals surface area contributed by atoms with Crippen molar-refractivity contribution in [3.05, 3.63) is 28.4 Å². The van der Waals surface area contributed by atoms with Crippen LogP contribution in [0.5, 0.6) is 0 Å². The normalized spacial score (nSPS) is 9.56. The quantitative estimate of drug-likeness (QED) is 0.467. The number of nitrogens with zero attached hydrogens (tertiary/aromatic N) is 1. The van der Waals surface area contributed by atoms with E-state index in [0.29, 0.717) is 0 Å². The minimum absolute atomic E-state index is 0.0666. The Hall–Kier alpha value is -1.12. The summed E-state index contributed by atoms with van der Waals surface area (Å²) >= 11 is 0. The maximum absolute atomic E-state index is 10.6. The molecule has 1 rings (SSSR count). The molecule has 0 saturated carbocycles. The summed E-state index contributed by atoms with van der Waals surface area (Å²) in [6.45, 7) is 1.93. The highest BCUT2D eigenvalue weighted by atomic mass is 16.1. The average molecular weight is 125 g/mol. The van der Waals surface area contributed by atoms with Crippen molar-refractivity contribution < 1.29 is 4.57 Å². The van der Waals surface area contributed by atoms with Gasteiger partial charge in [-0.15, -0.1) is 0 Å². The lowest BCUT2D eigenvalue weighted by Crippen LogP contribution is -2.36. The van der Waals surface area contributed by atoms with Crippen molar-refractivity contribution in [1.82, 2.24) is 4.98 Å². The second-order valence-electron chi connectivity index (χ2n) is 2.03. The standard InChI is InChI=1S/C6H8N2O/c1-5-3-7-6(9)4-8(5)2/h3-4H,1-2H3/p+1. The van der Waals surface area contributed by atoms with Crippen LogP contribution in [0.1, 0.15) is 5.69 Å². The second-order valence-corrected chi connectivity index (χ2v) is 2.03. The first-order chi connectivity index (χ1) is 4.20. The Morgan fingerprint density at radius 2 is 2.33 bits per heavy atom. The molecule has 3 heteroatoms. The molecule has 0 radical (unpaired) electrons. The van der Waals surface area contributed by atoms with Crippen LogP contribution in [0.25, 0.3) is 0 Å². The van der Waals surface area contributed by atoms with Gasteiger partial charge < -0.3 is 4.98 Å². The van der Waals surface area contributed by atoms with Gasteiger partial charge in [0.15, 0.2) is 5.69 Å². The van der Waals surface area contributed by atoms with Crippen molar-refractivity contribution in [2.75, 3.05) is 0 Å². The third kappa shape index (κ3) is 1.16. The van der Waals surface area contributed by atoms with Crippen LogP contribution >= 0.6 is 0 Å². The highest BCUT2D eigenvalue weighted by Crippen LogP contribution is 1.74. The van der Waals surface area contributed by atoms with E-state index in [0.717, 1.165) is 5.69 Å². The number of aromatic nitrogens is 2. The number of aryl methyl sites for hydroxylation is 2. The fourth-order valence-electron chi connectivity index (χ4n) is 0.592. The van der Waals surface area contributed by atoms with Crippen molar-refractivity contribution >= 4 is 0 Å². The van der Waals surface area contributed by atoms with Crippen LogP contribution in [-0.4, -0.2) is 4.98 Å². The van der Waals surface area contributed by atoms with Gasteiger partial charge in [0.25, 0.3) is 0 Å². The molecule has 0 aromatic carbocycles. The van der Waals surface area contributed by atoms with Crippen molar-refractivity contribution in [1.29, 1.82) is 0 Å². The summed E-state index contributed by atoms with van der Waals surface area (Å²) in [7, 11) is 1.84. The fourth-order valence-corrected chi connectivity index (χ4v) is 0.592. The molecule has 1 N–H and O–H groups in total. The van der Waals surface area contributed by atoms with Crippen LogP contribution in [0.4, 0.5) is 0 Å². The number of H-pyrrole nitrogens is 1. The molecule has 0 saturated heterocycles. The zero-order valence-electron chi connectivity index (χ0n) is 5.51. The fraction of sp³-hybridized carbons (Fsp3) is 0.333. The van der Waals surface area contributed by atoms with Gasteiger partial charge in [0.05, 0.1) is 6.20 Å². The van der Waals surface area contributed by atoms with E-state index in [1.807, 2.05) is 14.0 Å². The minimum Gasteiger partial charge on any atom is -0.318 e. The van der Waals surface area contributed by atoms with Gasteiger partial charge in [0, 0.05) is 6.92 Å². The molecule has 9 heavy (non-hydrogen) atoms. The molecule has 0 amide bonds. The number of rotatable bonds is 0. The predicted octanol–water partition coefficient (Wildman–Crippen LogP) is -0.492. The van der Waals surface area contributed by atoms with Gasteiger partial charge in [0.2, 0.25) is 6.20 Å². The van der Waals surface area contributed by atoms with E-state index in [-0.39, 0.29) is 5.56 Å². The molecule has 0 bridgehead atoms. The summed E-state index contributed by atoms with van der Waals surface area (Å²) in [5.41, 5.74) is 0.970. The van der Waals surface area contributed by atoms with E-state index < -0.39 is 0 Å². The molecule has 48 valence electrons. The van der Waals surface area contributed by atoms with E-state index in [4.69, 9.17) is 0 Å². The Morgan fingerprint density at radius 1 is 1.67 bits per heavy atom. The number of hydrogen-bond donors (Lipinski definition) is 1. The molecule has 0 unspecified atom stereocenters. The maximum atomic E-state index is 10.6. The number of hydrogen-bond acceptors (Lipinski definition) is 1. The third-order valence-corrected chi connectivity index (χ3v) is 1.29. The molecule has 0 atom stereocenters. The highest BCUT2D eigenvalue weighted by Gasteiger charge is 1.97. The smallest absolute Gasteiger partial charge is 0.312 e. The minimum atomic E-state index is -0.0666. The van der Waals surface area contributed by atoms with Gasteiger partial charge in [-0.25, -0.2) is 0 Å². The van der Waals surface area contributed by atoms with E-state index in [1.54, 1.807) is 10.8 Å². The van der Waals surface area contributed by atoms with Crippen molar-refractivity contribution in [2.45, 2.75) is 6.92 Å². The van der Waals surface area contributed by atoms with E-state index in [2.05, 4.69) is 4.98 Å². The first-order valence-electron chi connectivity index (χ1n) is 2.75. The van der Waals surface area contributed by atoms with Crippen molar-refractivity contribution in [3.8, 4) is 0 Å². The maximum Gasteiger partial charge on any atom is 0.312 e. The Balaban J connectivity index is 3.34. The van der Waals surface area contributed by atoms with Crippen molar-refractivity contribution in [2.24, 2.45) is 7.05 Å². The largest absolute Gasteiger partial charge is 0.318 e. The summed E-state index contributed by atoms with van der Waals surface area (Å²) in [4.78, 5) is 13.1. The van der Waals surface area contributed by atoms with Crippen LogP contribution in [0.15, 0.2) is 17.2 Å². The molecule has 3 nitrogen and oxygen atoms in total. The Morgan fingerprint density at radius 3 is 2.78 bits per heavy atom. The SMILES string of the molecule is Cc1c[nH]c(=O)c[n+]1C. The van der Waals surface area contributed by atoms with Crippen LogP contribution < -0.4 is 10.1 Å². The van der Waals surface area contributed by atoms with Crippen molar-refractivity contribution in [3.63, 3.8) is 0 Å². The zero-order chi connectivity index (χ0) is 6.85. The lowest BCUT2D eigenvalue weighted by Gasteiger charge is -1.87. The van der Waals surface area contributed by atoms with E-state index >= 15 is 0 Å². The van der Waals surface area contributed by atoms with Crippen LogP contribution in [0.2, 0.25) is 0 Å². The lowest BCUT2D eigenvalue weighted by molar-refractivity contribution is -0.679. The Labute approximate surface area is 53.0 Å². The zero-order valence-corrected chi connectivity index (χ0v) is 5.51. The highest BCUT2D eigenvalue weighted by molar-refractivity contribution is 4.80. The first kappa shape index (κ1) is 6.01. The summed E-state index contributed by atoms with van der Waals surface area (Å²) in [6.07, 6.45) is 3.19. The molecule has 0 fully saturated rings. The van der Waals surface area contributed by atoms with E-state index in [9.17, 15) is 4.79 Å². The van der Waals surface area contributed by atoms with Crippen LogP contribution in [0, 0.1) is 6.92 Å². The van der Waals surface area contributed by atoms with Gasteiger partial charge in [-0.2, -0.15) is 4.57 Å². The molecule has 0 aliphatic heterocycles. The molecular formula is C6H9N2O+. The van der Waals surface area contributed by atoms with E-state index in [1.165, 1.54) is 6.20 Å². The molecule has 1 aromatic heterocycles. The van der Waals surface area contributed by atoms with Gasteiger partial charge in [0.1, 0.15) is 7.05 Å². The first-order valence-corrected chi connectivity index (χ1v) is 2.75. The third-order valence-electron chi connectivity index (χ3n) is 1.29. The summed E-state index contributed by atoms with van der Waals surface area (Å²) in [5.74, 6) is 0. The monoisotopic (exact) mass is 125 g/mol. The lowest BCUT2D eigenvalue weighted by atomic mass is 10.5. The van der Waals surface area contributed by atoms with Crippen LogP contribution in [0.3, 0.4) is 0 Å². The summed E-state index contributed by atoms with van der Waals surface area (Å²) in [5, 5.41) is 0. The molecule has 0 spiro atoms. The summed E-state index contributed by atoms with van der Waals surface area (Å²) < 4.78 is 1.78. The molecular weight excluding hydrogens is 116 g/mol. The molecule has 0 aliphatic rings. The Bertz CT molecular complexity index is 264. The van der Waals surface area contributed by atoms with Gasteiger partial charge >= 0.3 is 5.56 Å².